The van der Waals surface area contributed by atoms with Crippen LogP contribution in [-0.2, 0) is 14.4 Å². The number of carboxylic acids is 2. The molecule has 3 rings (SSSR count). The fourth-order valence-corrected chi connectivity index (χ4v) is 4.36. The summed E-state index contributed by atoms with van der Waals surface area (Å²) in [6.07, 6.45) is 4.29. The zero-order chi connectivity index (χ0) is 19.8. The third-order valence-electron chi connectivity index (χ3n) is 4.39. The number of aromatic nitrogens is 1. The molecular formula is C17H22ClN3O5S. The first kappa shape index (κ1) is 21.5. The summed E-state index contributed by atoms with van der Waals surface area (Å²) in [7, 11) is 0. The van der Waals surface area contributed by atoms with Crippen LogP contribution in [0, 0.1) is 0 Å². The van der Waals surface area contributed by atoms with Gasteiger partial charge in [0.1, 0.15) is 5.15 Å². The van der Waals surface area contributed by atoms with E-state index in [2.05, 4.69) is 15.2 Å². The van der Waals surface area contributed by atoms with Crippen LogP contribution in [0.1, 0.15) is 25.7 Å². The van der Waals surface area contributed by atoms with Crippen LogP contribution < -0.4 is 10.4 Å². The number of nitrogens with zero attached hydrogens (tertiary/aromatic N) is 2. The number of rotatable bonds is 3. The Balaban J connectivity index is 0.000000380. The standard InChI is InChI=1S/C15H20ClN3OS.C2H2O4/c16-13-4-1-5-14(18-13)21-11-6-9-19(10-7-11)15(20)12-3-2-8-17-12;3-1(4)2(5)6/h1,4-5,11-12,17H,2-3,6-10H2;(H,3,4)(H,5,6). The molecule has 2 saturated heterocycles. The minimum Gasteiger partial charge on any atom is -0.539 e. The van der Waals surface area contributed by atoms with Crippen LogP contribution in [0.25, 0.3) is 0 Å². The van der Waals surface area contributed by atoms with Gasteiger partial charge in [0.05, 0.1) is 11.6 Å². The predicted octanol–water partition coefficient (Wildman–Crippen LogP) is -0.635. The summed E-state index contributed by atoms with van der Waals surface area (Å²) in [4.78, 5) is 36.8. The SMILES string of the molecule is O=C(C1CCC[NH2+]1)N1CCC(Sc2cccc(Cl)n2)CC1.O=C([O-])C(=O)O. The van der Waals surface area contributed by atoms with Crippen molar-refractivity contribution in [1.82, 2.24) is 9.88 Å². The Labute approximate surface area is 166 Å². The maximum Gasteiger partial charge on any atom is 0.351 e. The van der Waals surface area contributed by atoms with E-state index < -0.39 is 11.9 Å². The summed E-state index contributed by atoms with van der Waals surface area (Å²) in [5.74, 6) is -3.66. The molecule has 2 aliphatic rings. The molecule has 2 fully saturated rings. The Hall–Kier alpha value is -1.84. The Kier molecular flexibility index (Phi) is 8.33. The van der Waals surface area contributed by atoms with E-state index in [1.165, 1.54) is 6.42 Å². The molecule has 0 radical (unpaired) electrons. The van der Waals surface area contributed by atoms with Crippen LogP contribution in [0.4, 0.5) is 0 Å². The van der Waals surface area contributed by atoms with Crippen molar-refractivity contribution in [2.75, 3.05) is 19.6 Å². The smallest absolute Gasteiger partial charge is 0.351 e. The first-order valence-corrected chi connectivity index (χ1v) is 9.98. The monoisotopic (exact) mass is 415 g/mol. The highest BCUT2D eigenvalue weighted by Gasteiger charge is 2.32. The van der Waals surface area contributed by atoms with Crippen LogP contribution in [0.2, 0.25) is 5.15 Å². The second-order valence-electron chi connectivity index (χ2n) is 6.31. The minimum absolute atomic E-state index is 0.184. The van der Waals surface area contributed by atoms with Crippen molar-refractivity contribution in [3.63, 3.8) is 0 Å². The molecule has 1 atom stereocenters. The lowest BCUT2D eigenvalue weighted by atomic mass is 10.1. The predicted molar refractivity (Wildman–Crippen MR) is 97.2 cm³/mol. The van der Waals surface area contributed by atoms with Crippen LogP contribution in [0.15, 0.2) is 23.2 Å². The number of thioether (sulfide) groups is 1. The number of likely N-dealkylation sites (tertiary alicyclic amines) is 1. The quantitative estimate of drug-likeness (QED) is 0.496. The number of halogens is 1. The number of nitrogens with two attached hydrogens (primary N) is 1. The van der Waals surface area contributed by atoms with E-state index in [9.17, 15) is 4.79 Å². The second kappa shape index (κ2) is 10.5. The Morgan fingerprint density at radius 1 is 1.26 bits per heavy atom. The Morgan fingerprint density at radius 3 is 2.44 bits per heavy atom. The number of hydrogen-bond acceptors (Lipinski definition) is 6. The molecule has 1 amide bonds. The number of piperidine rings is 1. The lowest BCUT2D eigenvalue weighted by Gasteiger charge is -2.32. The molecule has 1 unspecified atom stereocenters. The van der Waals surface area contributed by atoms with E-state index in [1.54, 1.807) is 17.8 Å². The lowest BCUT2D eigenvalue weighted by molar-refractivity contribution is -0.658. The van der Waals surface area contributed by atoms with Gasteiger partial charge >= 0.3 is 5.97 Å². The number of amides is 1. The van der Waals surface area contributed by atoms with Gasteiger partial charge in [-0.15, -0.1) is 11.8 Å². The van der Waals surface area contributed by atoms with Crippen LogP contribution >= 0.6 is 23.4 Å². The first-order valence-electron chi connectivity index (χ1n) is 8.72. The van der Waals surface area contributed by atoms with Crippen molar-refractivity contribution in [2.45, 2.75) is 42.0 Å². The summed E-state index contributed by atoms with van der Waals surface area (Å²) in [6.45, 7) is 2.85. The lowest BCUT2D eigenvalue weighted by Crippen LogP contribution is -2.89. The van der Waals surface area contributed by atoms with Gasteiger partial charge in [0.2, 0.25) is 0 Å². The molecule has 148 valence electrons. The first-order chi connectivity index (χ1) is 12.9. The minimum atomic E-state index is -2.07. The average molecular weight is 416 g/mol. The molecule has 8 nitrogen and oxygen atoms in total. The summed E-state index contributed by atoms with van der Waals surface area (Å²) in [6, 6.07) is 5.92. The second-order valence-corrected chi connectivity index (χ2v) is 8.01. The van der Waals surface area contributed by atoms with Gasteiger partial charge < -0.3 is 25.2 Å². The summed E-state index contributed by atoms with van der Waals surface area (Å²) in [5, 5.41) is 20.6. The fraction of sp³-hybridized carbons (Fsp3) is 0.529. The maximum absolute atomic E-state index is 12.4. The summed E-state index contributed by atoms with van der Waals surface area (Å²) < 4.78 is 0. The molecule has 1 aromatic heterocycles. The number of carbonyl (C=O) groups excluding carboxylic acids is 2. The van der Waals surface area contributed by atoms with Crippen molar-refractivity contribution in [1.29, 1.82) is 0 Å². The number of aliphatic carboxylic acids is 2. The number of carboxylic acid groups (broad SMARTS) is 2. The zero-order valence-electron chi connectivity index (χ0n) is 14.7. The molecule has 0 bridgehead atoms. The van der Waals surface area contributed by atoms with Crippen LogP contribution in [-0.4, -0.2) is 63.8 Å². The van der Waals surface area contributed by atoms with Gasteiger partial charge in [-0.2, -0.15) is 0 Å². The van der Waals surface area contributed by atoms with E-state index in [1.807, 2.05) is 12.1 Å². The van der Waals surface area contributed by atoms with Crippen molar-refractivity contribution in [3.05, 3.63) is 23.4 Å². The molecule has 10 heteroatoms. The highest BCUT2D eigenvalue weighted by molar-refractivity contribution is 7.99. The van der Waals surface area contributed by atoms with Crippen molar-refractivity contribution in [2.24, 2.45) is 0 Å². The number of hydrogen-bond donors (Lipinski definition) is 2. The third kappa shape index (κ3) is 7.00. The van der Waals surface area contributed by atoms with Gasteiger partial charge in [-0.25, -0.2) is 9.78 Å². The zero-order valence-corrected chi connectivity index (χ0v) is 16.2. The van der Waals surface area contributed by atoms with Gasteiger partial charge in [0.25, 0.3) is 5.91 Å². The molecule has 3 N–H and O–H groups in total. The average Bonchev–Trinajstić information content (AvgIpc) is 3.17. The van der Waals surface area contributed by atoms with E-state index in [0.717, 1.165) is 43.9 Å². The topological polar surface area (TPSA) is 127 Å². The molecule has 0 saturated carbocycles. The normalized spacial score (nSPS) is 19.9. The Bertz CT molecular complexity index is 664. The van der Waals surface area contributed by atoms with Gasteiger partial charge in [-0.3, -0.25) is 4.79 Å². The number of pyridine rings is 1. The number of carbonyl (C=O) groups is 3. The molecule has 0 aromatic carbocycles. The highest BCUT2D eigenvalue weighted by atomic mass is 35.5. The molecular weight excluding hydrogens is 394 g/mol. The highest BCUT2D eigenvalue weighted by Crippen LogP contribution is 2.30. The van der Waals surface area contributed by atoms with E-state index in [4.69, 9.17) is 31.4 Å². The maximum atomic E-state index is 12.4. The van der Waals surface area contributed by atoms with Crippen LogP contribution in [0.5, 0.6) is 0 Å². The van der Waals surface area contributed by atoms with Crippen LogP contribution in [0.3, 0.4) is 0 Å². The van der Waals surface area contributed by atoms with E-state index in [-0.39, 0.29) is 6.04 Å². The molecule has 1 aromatic rings. The van der Waals surface area contributed by atoms with Crippen molar-refractivity contribution < 1.29 is 29.9 Å². The molecule has 0 aliphatic carbocycles. The van der Waals surface area contributed by atoms with Crippen molar-refractivity contribution >= 4 is 41.2 Å². The third-order valence-corrected chi connectivity index (χ3v) is 5.88. The molecule has 27 heavy (non-hydrogen) atoms. The van der Waals surface area contributed by atoms with E-state index in [0.29, 0.717) is 16.3 Å². The molecule has 0 spiro atoms. The summed E-state index contributed by atoms with van der Waals surface area (Å²) in [5.41, 5.74) is 0. The summed E-state index contributed by atoms with van der Waals surface area (Å²) >= 11 is 7.70. The Morgan fingerprint density at radius 2 is 1.93 bits per heavy atom. The van der Waals surface area contributed by atoms with E-state index >= 15 is 0 Å². The fourth-order valence-electron chi connectivity index (χ4n) is 3.05. The van der Waals surface area contributed by atoms with Gasteiger partial charge in [0.15, 0.2) is 12.0 Å². The largest absolute Gasteiger partial charge is 0.539 e. The number of quaternary nitrogens is 1. The van der Waals surface area contributed by atoms with Gasteiger partial charge in [-0.05, 0) is 25.0 Å². The van der Waals surface area contributed by atoms with Gasteiger partial charge in [0, 0.05) is 31.2 Å². The molecule has 2 aliphatic heterocycles. The van der Waals surface area contributed by atoms with Gasteiger partial charge in [-0.1, -0.05) is 17.7 Å². The van der Waals surface area contributed by atoms with Crippen molar-refractivity contribution in [3.8, 4) is 0 Å². The molecule has 3 heterocycles.